The SMILES string of the molecule is CN(C)c1ccc(N=Nc2ccc(C(=O)NCCCCCC(=O)OC[C@@H](O)COP(=O)(O)OCCNC(=O)CCOCCOCCOCCOCCNC(=O)c3ccc(-c4c5ccc(=O)cc-5oc5cc(O)ccc45)c(C(=O)O)c3)cc2)cc1. The molecule has 0 radical (unpaired) electrons. The van der Waals surface area contributed by atoms with Crippen LogP contribution in [0.5, 0.6) is 5.75 Å². The van der Waals surface area contributed by atoms with Gasteiger partial charge in [0.05, 0.1) is 83.0 Å². The number of aliphatic hydroxyl groups is 1. The van der Waals surface area contributed by atoms with Gasteiger partial charge in [0.1, 0.15) is 29.8 Å². The molecule has 1 heterocycles. The van der Waals surface area contributed by atoms with Crippen LogP contribution < -0.4 is 26.3 Å². The second kappa shape index (κ2) is 34.0. The first-order valence-electron chi connectivity index (χ1n) is 26.9. The molecule has 0 fully saturated rings. The van der Waals surface area contributed by atoms with E-state index in [1.165, 1.54) is 42.5 Å². The van der Waals surface area contributed by atoms with E-state index in [0.29, 0.717) is 59.3 Å². The molecule has 0 saturated carbocycles. The average molecular weight is 1190 g/mol. The van der Waals surface area contributed by atoms with Gasteiger partial charge in [-0.15, -0.1) is 0 Å². The molecule has 1 unspecified atom stereocenters. The number of aromatic carboxylic acids is 1. The summed E-state index contributed by atoms with van der Waals surface area (Å²) in [6.07, 6.45) is 0.383. The number of esters is 1. The fourth-order valence-electron chi connectivity index (χ4n) is 7.95. The minimum absolute atomic E-state index is 0.00413. The third-order valence-corrected chi connectivity index (χ3v) is 13.2. The van der Waals surface area contributed by atoms with Crippen LogP contribution in [0.15, 0.2) is 123 Å². The Morgan fingerprint density at radius 1 is 0.631 bits per heavy atom. The lowest BCUT2D eigenvalue weighted by atomic mass is 9.90. The molecule has 450 valence electrons. The molecule has 0 bridgehead atoms. The summed E-state index contributed by atoms with van der Waals surface area (Å²) < 4.78 is 54.6. The second-order valence-electron chi connectivity index (χ2n) is 18.8. The molecule has 7 N–H and O–H groups in total. The highest BCUT2D eigenvalue weighted by molar-refractivity contribution is 7.47. The summed E-state index contributed by atoms with van der Waals surface area (Å²) in [5.74, 6) is -2.89. The number of carboxylic acids is 1. The highest BCUT2D eigenvalue weighted by Gasteiger charge is 2.25. The maximum atomic E-state index is 13.0. The van der Waals surface area contributed by atoms with Crippen molar-refractivity contribution >= 4 is 65.5 Å². The van der Waals surface area contributed by atoms with Gasteiger partial charge in [-0.2, -0.15) is 10.2 Å². The monoisotopic (exact) mass is 1180 g/mol. The molecule has 0 saturated heterocycles. The number of aliphatic hydroxyl groups excluding tert-OH is 1. The quantitative estimate of drug-likeness (QED) is 0.00694. The van der Waals surface area contributed by atoms with E-state index in [1.807, 2.05) is 43.3 Å². The molecule has 6 rings (SSSR count). The summed E-state index contributed by atoms with van der Waals surface area (Å²) >= 11 is 0. The van der Waals surface area contributed by atoms with E-state index in [4.69, 9.17) is 37.1 Å². The molecule has 1 aliphatic heterocycles. The molecule has 25 nitrogen and oxygen atoms in total. The number of carboxylic acid groups (broad SMARTS) is 1. The number of nitrogens with zero attached hydrogens (tertiary/aromatic N) is 3. The van der Waals surface area contributed by atoms with E-state index in [2.05, 4.69) is 26.2 Å². The third-order valence-electron chi connectivity index (χ3n) is 12.2. The number of phenolic OH excluding ortho intramolecular Hbond substituents is 1. The highest BCUT2D eigenvalue weighted by Crippen LogP contribution is 2.43. The van der Waals surface area contributed by atoms with Gasteiger partial charge in [-0.1, -0.05) is 12.5 Å². The van der Waals surface area contributed by atoms with Gasteiger partial charge >= 0.3 is 19.8 Å². The zero-order chi connectivity index (χ0) is 60.3. The topological polar surface area (TPSA) is 342 Å². The molecule has 84 heavy (non-hydrogen) atoms. The fraction of sp³-hybridized carbons (Fsp3) is 0.379. The van der Waals surface area contributed by atoms with Crippen molar-refractivity contribution in [3.05, 3.63) is 130 Å². The van der Waals surface area contributed by atoms with Crippen LogP contribution in [0.1, 0.15) is 63.2 Å². The molecule has 0 spiro atoms. The number of carbonyl (C=O) groups is 5. The van der Waals surface area contributed by atoms with Gasteiger partial charge in [0.15, 0.2) is 5.43 Å². The van der Waals surface area contributed by atoms with Crippen LogP contribution in [0.3, 0.4) is 0 Å². The normalized spacial score (nSPS) is 12.5. The number of hydrogen-bond acceptors (Lipinski definition) is 20. The molecule has 4 aromatic carbocycles. The molecule has 3 amide bonds. The number of hydrogen-bond donors (Lipinski definition) is 7. The standard InChI is InChI=1S/C58H69N6O19P/c1-64(2)43-14-12-42(13-15-43)63-62-41-10-7-39(8-11-41)56(70)60-22-5-3-4-6-54(69)80-37-46(67)38-82-84(74,75)81-27-24-59-53(68)21-25-76-28-30-78-32-33-79-31-29-77-26-23-61-57(71)40-9-18-47(50(34-40)58(72)73)55-48-19-16-44(65)35-51(48)83-52-36-45(66)17-20-49(52)55/h7-20,34-36,46,65,67H,3-6,21-33,37-38H2,1-2H3,(H,59,68)(H,60,70)(H,61,71)(H,72,73)(H,74,75)/t46-/m1/s1. The van der Waals surface area contributed by atoms with Gasteiger partial charge < -0.3 is 69.2 Å². The number of phenols is 1. The summed E-state index contributed by atoms with van der Waals surface area (Å²) in [5, 5.41) is 47.3. The van der Waals surface area contributed by atoms with Crippen LogP contribution in [0, 0.1) is 0 Å². The lowest BCUT2D eigenvalue weighted by Gasteiger charge is -2.17. The van der Waals surface area contributed by atoms with E-state index >= 15 is 0 Å². The number of benzene rings is 5. The van der Waals surface area contributed by atoms with Gasteiger partial charge in [0.2, 0.25) is 5.91 Å². The lowest BCUT2D eigenvalue weighted by Crippen LogP contribution is -2.28. The number of rotatable bonds is 37. The number of ether oxygens (including phenoxy) is 5. The van der Waals surface area contributed by atoms with Crippen molar-refractivity contribution in [2.24, 2.45) is 10.2 Å². The predicted octanol–water partition coefficient (Wildman–Crippen LogP) is 6.78. The van der Waals surface area contributed by atoms with Crippen molar-refractivity contribution in [1.29, 1.82) is 0 Å². The number of phosphoric acid groups is 1. The molecule has 26 heteroatoms. The predicted molar refractivity (Wildman–Crippen MR) is 307 cm³/mol. The number of phosphoric ester groups is 1. The van der Waals surface area contributed by atoms with Crippen LogP contribution in [-0.4, -0.2) is 162 Å². The smallest absolute Gasteiger partial charge is 0.472 e. The number of aromatic hydroxyl groups is 1. The van der Waals surface area contributed by atoms with Crippen LogP contribution in [0.2, 0.25) is 0 Å². The number of anilines is 1. The van der Waals surface area contributed by atoms with Crippen LogP contribution >= 0.6 is 7.82 Å². The second-order valence-corrected chi connectivity index (χ2v) is 20.3. The Morgan fingerprint density at radius 3 is 1.92 bits per heavy atom. The van der Waals surface area contributed by atoms with Gasteiger partial charge in [-0.25, -0.2) is 9.36 Å². The highest BCUT2D eigenvalue weighted by atomic mass is 31.2. The zero-order valence-corrected chi connectivity index (χ0v) is 47.4. The van der Waals surface area contributed by atoms with E-state index < -0.39 is 50.9 Å². The zero-order valence-electron chi connectivity index (χ0n) is 46.5. The summed E-state index contributed by atoms with van der Waals surface area (Å²) in [7, 11) is -0.686. The van der Waals surface area contributed by atoms with E-state index in [0.717, 1.165) is 5.69 Å². The molecule has 2 atom stereocenters. The Kier molecular flexibility index (Phi) is 26.4. The Bertz CT molecular complexity index is 3230. The lowest BCUT2D eigenvalue weighted by molar-refractivity contribution is -0.147. The third kappa shape index (κ3) is 22.0. The average Bonchev–Trinajstić information content (AvgIpc) is 1.26. The first-order chi connectivity index (χ1) is 40.5. The van der Waals surface area contributed by atoms with Crippen LogP contribution in [-0.2, 0) is 46.9 Å². The summed E-state index contributed by atoms with van der Waals surface area (Å²) in [6.45, 7) is 0.663. The maximum absolute atomic E-state index is 13.0. The Hall–Kier alpha value is -7.97. The molecule has 4 aromatic rings. The van der Waals surface area contributed by atoms with Crippen LogP contribution in [0.25, 0.3) is 33.4 Å². The van der Waals surface area contributed by atoms with Crippen molar-refractivity contribution in [1.82, 2.24) is 16.0 Å². The van der Waals surface area contributed by atoms with Gasteiger partial charge in [0, 0.05) is 92.0 Å². The minimum atomic E-state index is -4.60. The van der Waals surface area contributed by atoms with Crippen molar-refractivity contribution in [2.45, 2.75) is 38.2 Å². The largest absolute Gasteiger partial charge is 0.508 e. The van der Waals surface area contributed by atoms with Gasteiger partial charge in [-0.3, -0.25) is 33.0 Å². The number of fused-ring (bicyclic) bond motifs is 2. The molecule has 2 aliphatic rings. The van der Waals surface area contributed by atoms with Crippen molar-refractivity contribution in [3.63, 3.8) is 0 Å². The summed E-state index contributed by atoms with van der Waals surface area (Å²) in [5.41, 5.74) is 3.93. The first kappa shape index (κ1) is 65.2. The number of amides is 3. The van der Waals surface area contributed by atoms with Gasteiger partial charge in [-0.05, 0) is 103 Å². The van der Waals surface area contributed by atoms with E-state index in [1.54, 1.807) is 36.4 Å². The van der Waals surface area contributed by atoms with Crippen molar-refractivity contribution < 1.29 is 85.9 Å². The van der Waals surface area contributed by atoms with Crippen molar-refractivity contribution in [2.75, 3.05) is 111 Å². The fourth-order valence-corrected chi connectivity index (χ4v) is 8.71. The van der Waals surface area contributed by atoms with E-state index in [9.17, 15) is 53.5 Å². The summed E-state index contributed by atoms with van der Waals surface area (Å²) in [4.78, 5) is 86.3. The van der Waals surface area contributed by atoms with E-state index in [-0.39, 0.29) is 131 Å². The number of unbranched alkanes of at least 4 members (excludes halogenated alkanes) is 2. The Labute approximate surface area is 483 Å². The summed E-state index contributed by atoms with van der Waals surface area (Å²) in [6, 6.07) is 27.2. The molecule has 0 aromatic heterocycles. The molecular weight excluding hydrogens is 1120 g/mol. The van der Waals surface area contributed by atoms with Crippen molar-refractivity contribution in [3.8, 4) is 28.2 Å². The van der Waals surface area contributed by atoms with Crippen LogP contribution in [0.4, 0.5) is 17.1 Å². The Morgan fingerprint density at radius 2 is 1.24 bits per heavy atom. The number of nitrogens with one attached hydrogen (secondary N) is 3. The first-order valence-corrected chi connectivity index (χ1v) is 28.4. The Balaban J connectivity index is 0.703. The maximum Gasteiger partial charge on any atom is 0.472 e. The number of azo groups is 1. The molecule has 1 aliphatic carbocycles. The molecular formula is C58H69N6O19P. The minimum Gasteiger partial charge on any atom is -0.508 e. The van der Waals surface area contributed by atoms with Gasteiger partial charge in [0.25, 0.3) is 11.8 Å². The number of carbonyl (C=O) groups excluding carboxylic acids is 4.